The summed E-state index contributed by atoms with van der Waals surface area (Å²) >= 11 is 5.27. The van der Waals surface area contributed by atoms with E-state index in [4.69, 9.17) is 16.3 Å². The van der Waals surface area contributed by atoms with Crippen LogP contribution in [0.2, 0.25) is 0 Å². The maximum atomic E-state index is 14.1. The molecule has 0 heterocycles. The van der Waals surface area contributed by atoms with Crippen molar-refractivity contribution < 1.29 is 31.4 Å². The predicted octanol–water partition coefficient (Wildman–Crippen LogP) is 8.31. The van der Waals surface area contributed by atoms with Gasteiger partial charge in [0.1, 0.15) is 17.2 Å². The summed E-state index contributed by atoms with van der Waals surface area (Å²) in [7, 11) is 0. The molecule has 0 aromatic heterocycles. The van der Waals surface area contributed by atoms with E-state index in [1.54, 1.807) is 48.5 Å². The van der Waals surface area contributed by atoms with Gasteiger partial charge in [-0.05, 0) is 70.8 Å². The molecule has 0 aliphatic carbocycles. The molecule has 32 heavy (non-hydrogen) atoms. The van der Waals surface area contributed by atoms with Crippen molar-refractivity contribution in [3.05, 3.63) is 103 Å². The van der Waals surface area contributed by atoms with Crippen molar-refractivity contribution in [2.45, 2.75) is 11.7 Å². The summed E-state index contributed by atoms with van der Waals surface area (Å²) < 4.78 is 74.7. The van der Waals surface area contributed by atoms with Gasteiger partial charge in [0.05, 0.1) is 0 Å². The van der Waals surface area contributed by atoms with Gasteiger partial charge in [0.25, 0.3) is 0 Å². The van der Waals surface area contributed by atoms with Crippen LogP contribution in [0.15, 0.2) is 91.5 Å². The van der Waals surface area contributed by atoms with E-state index in [0.717, 1.165) is 30.3 Å². The number of hydrogen-bond acceptors (Lipinski definition) is 2. The van der Waals surface area contributed by atoms with E-state index in [0.29, 0.717) is 17.1 Å². The van der Waals surface area contributed by atoms with Crippen molar-refractivity contribution in [2.24, 2.45) is 0 Å². The van der Waals surface area contributed by atoms with Crippen molar-refractivity contribution in [1.29, 1.82) is 0 Å². The highest BCUT2D eigenvalue weighted by Gasteiger charge is 2.33. The molecule has 0 atom stereocenters. The van der Waals surface area contributed by atoms with Gasteiger partial charge in [0, 0.05) is 5.57 Å². The number of ether oxygens (including phenoxy) is 2. The second kappa shape index (κ2) is 9.44. The number of allylic oxidation sites excluding steroid dienone is 3. The number of alkyl halides is 6. The largest absolute Gasteiger partial charge is 0.573 e. The standard InChI is InChI=1S/C24H16ClF5O2/c1-16(18-6-5-9-21(15-18)31-19-7-3-2-4-8-19)14-22(23(25,26)27)17-10-12-20(13-11-17)32-24(28,29)30/h2-15H,1H2/b22-14+. The van der Waals surface area contributed by atoms with Gasteiger partial charge in [-0.2, -0.15) is 8.78 Å². The van der Waals surface area contributed by atoms with Crippen LogP contribution in [0.25, 0.3) is 11.1 Å². The van der Waals surface area contributed by atoms with Gasteiger partial charge in [-0.1, -0.05) is 49.0 Å². The minimum atomic E-state index is -4.89. The third kappa shape index (κ3) is 6.59. The van der Waals surface area contributed by atoms with Crippen molar-refractivity contribution in [3.63, 3.8) is 0 Å². The second-order valence-electron chi connectivity index (χ2n) is 6.60. The number of halogens is 6. The fourth-order valence-corrected chi connectivity index (χ4v) is 2.97. The maximum absolute atomic E-state index is 14.1. The van der Waals surface area contributed by atoms with Gasteiger partial charge in [-0.25, -0.2) is 0 Å². The Kier molecular flexibility index (Phi) is 6.89. The minimum Gasteiger partial charge on any atom is -0.457 e. The maximum Gasteiger partial charge on any atom is 0.573 e. The molecule has 0 unspecified atom stereocenters. The van der Waals surface area contributed by atoms with E-state index in [1.807, 2.05) is 6.07 Å². The van der Waals surface area contributed by atoms with E-state index < -0.39 is 23.1 Å². The number of benzene rings is 3. The third-order valence-corrected chi connectivity index (χ3v) is 4.41. The first-order valence-corrected chi connectivity index (χ1v) is 9.56. The van der Waals surface area contributed by atoms with Gasteiger partial charge >= 0.3 is 11.7 Å². The first-order chi connectivity index (χ1) is 15.0. The molecule has 166 valence electrons. The zero-order valence-electron chi connectivity index (χ0n) is 16.4. The molecule has 8 heteroatoms. The molecule has 2 nitrogen and oxygen atoms in total. The van der Waals surface area contributed by atoms with Crippen molar-refractivity contribution in [2.75, 3.05) is 0 Å². The van der Waals surface area contributed by atoms with Gasteiger partial charge in [0.2, 0.25) is 0 Å². The average Bonchev–Trinajstić information content (AvgIpc) is 2.71. The molecule has 0 spiro atoms. The summed E-state index contributed by atoms with van der Waals surface area (Å²) in [6.45, 7) is 3.82. The SMILES string of the molecule is C=C(/C=C(\c1ccc(OC(F)(F)F)cc1)C(F)(F)Cl)c1cccc(Oc2ccccc2)c1. The molecule has 3 aromatic carbocycles. The molecule has 0 saturated heterocycles. The lowest BCUT2D eigenvalue weighted by Crippen LogP contribution is -2.17. The second-order valence-corrected chi connectivity index (χ2v) is 7.07. The lowest BCUT2D eigenvalue weighted by Gasteiger charge is -2.16. The van der Waals surface area contributed by atoms with E-state index >= 15 is 0 Å². The lowest BCUT2D eigenvalue weighted by molar-refractivity contribution is -0.274. The van der Waals surface area contributed by atoms with Gasteiger partial charge in [0.15, 0.2) is 0 Å². The summed E-state index contributed by atoms with van der Waals surface area (Å²) in [4.78, 5) is 0. The number of para-hydroxylation sites is 1. The van der Waals surface area contributed by atoms with Crippen LogP contribution in [-0.2, 0) is 0 Å². The zero-order chi connectivity index (χ0) is 23.4. The van der Waals surface area contributed by atoms with Crippen molar-refractivity contribution in [3.8, 4) is 17.2 Å². The quantitative estimate of drug-likeness (QED) is 0.198. The van der Waals surface area contributed by atoms with Crippen LogP contribution in [0.5, 0.6) is 17.2 Å². The van der Waals surface area contributed by atoms with Crippen molar-refractivity contribution in [1.82, 2.24) is 0 Å². The van der Waals surface area contributed by atoms with Crippen LogP contribution in [0.3, 0.4) is 0 Å². The van der Waals surface area contributed by atoms with Crippen LogP contribution < -0.4 is 9.47 Å². The normalized spacial score (nSPS) is 12.4. The Hall–Kier alpha value is -3.32. The molecular weight excluding hydrogens is 451 g/mol. The Morgan fingerprint density at radius 1 is 0.750 bits per heavy atom. The molecule has 0 aliphatic rings. The van der Waals surface area contributed by atoms with Crippen molar-refractivity contribution >= 4 is 22.7 Å². The predicted molar refractivity (Wildman–Crippen MR) is 114 cm³/mol. The molecule has 3 rings (SSSR count). The summed E-state index contributed by atoms with van der Waals surface area (Å²) in [5, 5.41) is -3.80. The fraction of sp³-hybridized carbons (Fsp3) is 0.0833. The summed E-state index contributed by atoms with van der Waals surface area (Å²) in [5.41, 5.74) is -0.0159. The highest BCUT2D eigenvalue weighted by Crippen LogP contribution is 2.39. The molecule has 0 radical (unpaired) electrons. The molecule has 0 saturated carbocycles. The van der Waals surface area contributed by atoms with Gasteiger partial charge in [-0.15, -0.1) is 13.2 Å². The Morgan fingerprint density at radius 3 is 1.97 bits per heavy atom. The Balaban J connectivity index is 1.87. The van der Waals surface area contributed by atoms with Crippen LogP contribution in [0, 0.1) is 0 Å². The molecule has 0 bridgehead atoms. The Morgan fingerprint density at radius 2 is 1.38 bits per heavy atom. The lowest BCUT2D eigenvalue weighted by atomic mass is 9.99. The molecule has 0 N–H and O–H groups in total. The van der Waals surface area contributed by atoms with Crippen LogP contribution in [-0.4, -0.2) is 11.7 Å². The number of hydrogen-bond donors (Lipinski definition) is 0. The molecule has 0 fully saturated rings. The van der Waals surface area contributed by atoms with Crippen LogP contribution in [0.4, 0.5) is 22.0 Å². The average molecular weight is 467 g/mol. The first kappa shape index (κ1) is 23.3. The number of rotatable bonds is 7. The summed E-state index contributed by atoms with van der Waals surface area (Å²) in [6, 6.07) is 19.6. The fourth-order valence-electron chi connectivity index (χ4n) is 2.81. The Bertz CT molecular complexity index is 1100. The van der Waals surface area contributed by atoms with Crippen LogP contribution in [0.1, 0.15) is 11.1 Å². The van der Waals surface area contributed by atoms with Gasteiger partial charge in [-0.3, -0.25) is 0 Å². The molecule has 0 amide bonds. The van der Waals surface area contributed by atoms with E-state index in [1.165, 1.54) is 0 Å². The molecule has 0 aliphatic heterocycles. The smallest absolute Gasteiger partial charge is 0.457 e. The van der Waals surface area contributed by atoms with E-state index in [9.17, 15) is 22.0 Å². The molecular formula is C24H16ClF5O2. The highest BCUT2D eigenvalue weighted by molar-refractivity contribution is 6.28. The summed E-state index contributed by atoms with van der Waals surface area (Å²) in [5.74, 6) is 0.527. The summed E-state index contributed by atoms with van der Waals surface area (Å²) in [6.07, 6.45) is -3.81. The minimum absolute atomic E-state index is 0.0858. The first-order valence-electron chi connectivity index (χ1n) is 9.18. The van der Waals surface area contributed by atoms with Crippen LogP contribution >= 0.6 is 11.6 Å². The molecule has 3 aromatic rings. The third-order valence-electron chi connectivity index (χ3n) is 4.21. The van der Waals surface area contributed by atoms with E-state index in [2.05, 4.69) is 11.3 Å². The van der Waals surface area contributed by atoms with Gasteiger partial charge < -0.3 is 9.47 Å². The zero-order valence-corrected chi connectivity index (χ0v) is 17.1. The highest BCUT2D eigenvalue weighted by atomic mass is 35.5. The monoisotopic (exact) mass is 466 g/mol. The Labute approximate surface area is 186 Å². The van der Waals surface area contributed by atoms with E-state index in [-0.39, 0.29) is 11.1 Å². The topological polar surface area (TPSA) is 18.5 Å².